The Bertz CT molecular complexity index is 675. The highest BCUT2D eigenvalue weighted by molar-refractivity contribution is 5.53. The topological polar surface area (TPSA) is 51.0 Å². The van der Waals surface area contributed by atoms with Gasteiger partial charge in [0.15, 0.2) is 5.82 Å². The van der Waals surface area contributed by atoms with Gasteiger partial charge in [0.25, 0.3) is 5.89 Å². The number of benzene rings is 1. The fourth-order valence-corrected chi connectivity index (χ4v) is 3.35. The minimum atomic E-state index is 0.523. The van der Waals surface area contributed by atoms with E-state index < -0.39 is 0 Å². The zero-order chi connectivity index (χ0) is 18.0. The van der Waals surface area contributed by atoms with Crippen molar-refractivity contribution in [3.8, 4) is 11.5 Å². The van der Waals surface area contributed by atoms with Crippen LogP contribution in [-0.2, 0) is 13.0 Å². The van der Waals surface area contributed by atoms with Gasteiger partial charge in [0, 0.05) is 24.6 Å². The molecule has 1 N–H and O–H groups in total. The van der Waals surface area contributed by atoms with Crippen molar-refractivity contribution in [2.24, 2.45) is 0 Å². The average molecular weight is 354 g/mol. The molecule has 0 spiro atoms. The molecule has 1 heterocycles. The summed E-state index contributed by atoms with van der Waals surface area (Å²) in [6.45, 7) is 3.14. The van der Waals surface area contributed by atoms with Crippen molar-refractivity contribution in [1.29, 1.82) is 0 Å². The van der Waals surface area contributed by atoms with Crippen molar-refractivity contribution in [3.05, 3.63) is 47.8 Å². The second-order valence-electron chi connectivity index (χ2n) is 7.22. The number of hydrogen-bond donors (Lipinski definition) is 1. The summed E-state index contributed by atoms with van der Waals surface area (Å²) in [6.07, 6.45) is 15.5. The van der Waals surface area contributed by atoms with E-state index in [4.69, 9.17) is 4.52 Å². The van der Waals surface area contributed by atoms with E-state index in [9.17, 15) is 0 Å². The van der Waals surface area contributed by atoms with Gasteiger partial charge in [0.2, 0.25) is 0 Å². The third-order valence-electron chi connectivity index (χ3n) is 5.00. The molecule has 0 saturated carbocycles. The minimum absolute atomic E-state index is 0.523. The first kappa shape index (κ1) is 18.8. The van der Waals surface area contributed by atoms with Gasteiger partial charge in [-0.15, -0.1) is 0 Å². The smallest absolute Gasteiger partial charge is 0.257 e. The Labute approximate surface area is 157 Å². The summed E-state index contributed by atoms with van der Waals surface area (Å²) in [6, 6.07) is 8.94. The maximum atomic E-state index is 5.44. The van der Waals surface area contributed by atoms with E-state index in [2.05, 4.69) is 58.8 Å². The van der Waals surface area contributed by atoms with Crippen LogP contribution in [0.5, 0.6) is 0 Å². The number of aromatic nitrogens is 2. The van der Waals surface area contributed by atoms with Gasteiger partial charge in [-0.2, -0.15) is 4.98 Å². The van der Waals surface area contributed by atoms with Gasteiger partial charge < -0.3 is 9.84 Å². The lowest BCUT2D eigenvalue weighted by Crippen LogP contribution is -2.24. The summed E-state index contributed by atoms with van der Waals surface area (Å²) in [5.74, 6) is 1.46. The molecule has 1 aromatic heterocycles. The van der Waals surface area contributed by atoms with Crippen molar-refractivity contribution >= 4 is 0 Å². The van der Waals surface area contributed by atoms with Crippen LogP contribution in [0.2, 0.25) is 0 Å². The van der Waals surface area contributed by atoms with Gasteiger partial charge in [-0.25, -0.2) is 0 Å². The van der Waals surface area contributed by atoms with Crippen LogP contribution in [0.4, 0.5) is 0 Å². The van der Waals surface area contributed by atoms with Crippen molar-refractivity contribution in [2.75, 3.05) is 0 Å². The molecule has 0 fully saturated rings. The van der Waals surface area contributed by atoms with E-state index in [-0.39, 0.29) is 0 Å². The van der Waals surface area contributed by atoms with Crippen LogP contribution in [-0.4, -0.2) is 16.2 Å². The molecule has 4 heteroatoms. The Morgan fingerprint density at radius 2 is 1.88 bits per heavy atom. The molecule has 0 saturated heterocycles. The van der Waals surface area contributed by atoms with Gasteiger partial charge in [-0.05, 0) is 37.0 Å². The third-order valence-corrected chi connectivity index (χ3v) is 5.00. The molecule has 0 aliphatic heterocycles. The number of allylic oxidation sites excluding steroid dienone is 1. The van der Waals surface area contributed by atoms with Crippen molar-refractivity contribution < 1.29 is 4.52 Å². The number of nitrogens with zero attached hydrogens (tertiary/aromatic N) is 2. The SMILES string of the molecule is CCCCCCCCc1noc(-c2ccc(CNC3C=CCC3)cc2)n1. The van der Waals surface area contributed by atoms with Crippen LogP contribution in [0.3, 0.4) is 0 Å². The molecule has 2 aromatic rings. The highest BCUT2D eigenvalue weighted by atomic mass is 16.5. The normalized spacial score (nSPS) is 16.4. The molecular weight excluding hydrogens is 322 g/mol. The zero-order valence-corrected chi connectivity index (χ0v) is 15.9. The number of nitrogens with one attached hydrogen (secondary N) is 1. The summed E-state index contributed by atoms with van der Waals surface area (Å²) >= 11 is 0. The van der Waals surface area contributed by atoms with E-state index >= 15 is 0 Å². The van der Waals surface area contributed by atoms with E-state index in [0.29, 0.717) is 11.9 Å². The Morgan fingerprint density at radius 1 is 1.08 bits per heavy atom. The summed E-state index contributed by atoms with van der Waals surface area (Å²) in [5.41, 5.74) is 2.28. The van der Waals surface area contributed by atoms with Crippen LogP contribution in [0.1, 0.15) is 69.7 Å². The predicted octanol–water partition coefficient (Wildman–Crippen LogP) is 5.45. The van der Waals surface area contributed by atoms with Gasteiger partial charge in [-0.1, -0.05) is 68.5 Å². The standard InChI is InChI=1S/C22H31N3O/c1-2-3-4-5-6-7-12-21-24-22(26-25-21)19-15-13-18(14-16-19)17-23-20-10-8-9-11-20/h8,10,13-16,20,23H,2-7,9,11-12,17H2,1H3. The van der Waals surface area contributed by atoms with Gasteiger partial charge in [-0.3, -0.25) is 0 Å². The summed E-state index contributed by atoms with van der Waals surface area (Å²) < 4.78 is 5.44. The second kappa shape index (κ2) is 10.3. The molecule has 1 aliphatic rings. The van der Waals surface area contributed by atoms with E-state index in [0.717, 1.165) is 30.8 Å². The minimum Gasteiger partial charge on any atom is -0.334 e. The average Bonchev–Trinajstić information content (AvgIpc) is 3.35. The second-order valence-corrected chi connectivity index (χ2v) is 7.22. The lowest BCUT2D eigenvalue weighted by atomic mass is 10.1. The summed E-state index contributed by atoms with van der Waals surface area (Å²) in [5, 5.41) is 7.70. The molecule has 0 radical (unpaired) electrons. The highest BCUT2D eigenvalue weighted by Gasteiger charge is 2.10. The lowest BCUT2D eigenvalue weighted by Gasteiger charge is -2.10. The first-order chi connectivity index (χ1) is 12.8. The van der Waals surface area contributed by atoms with Gasteiger partial charge in [0.05, 0.1) is 0 Å². The zero-order valence-electron chi connectivity index (χ0n) is 15.9. The third kappa shape index (κ3) is 5.80. The van der Waals surface area contributed by atoms with Gasteiger partial charge >= 0.3 is 0 Å². The van der Waals surface area contributed by atoms with Crippen LogP contribution >= 0.6 is 0 Å². The molecule has 1 unspecified atom stereocenters. The number of unbranched alkanes of at least 4 members (excludes halogenated alkanes) is 5. The van der Waals surface area contributed by atoms with E-state index in [1.165, 1.54) is 50.5 Å². The molecule has 26 heavy (non-hydrogen) atoms. The number of hydrogen-bond acceptors (Lipinski definition) is 4. The van der Waals surface area contributed by atoms with Gasteiger partial charge in [0.1, 0.15) is 0 Å². The van der Waals surface area contributed by atoms with Crippen molar-refractivity contribution in [2.45, 2.75) is 77.3 Å². The molecule has 0 amide bonds. The first-order valence-electron chi connectivity index (χ1n) is 10.2. The summed E-state index contributed by atoms with van der Waals surface area (Å²) in [7, 11) is 0. The summed E-state index contributed by atoms with van der Waals surface area (Å²) in [4.78, 5) is 4.55. The van der Waals surface area contributed by atoms with Crippen LogP contribution in [0.25, 0.3) is 11.5 Å². The van der Waals surface area contributed by atoms with E-state index in [1.54, 1.807) is 0 Å². The first-order valence-corrected chi connectivity index (χ1v) is 10.2. The highest BCUT2D eigenvalue weighted by Crippen LogP contribution is 2.19. The molecular formula is C22H31N3O. The van der Waals surface area contributed by atoms with Crippen LogP contribution in [0.15, 0.2) is 40.9 Å². The molecule has 1 atom stereocenters. The van der Waals surface area contributed by atoms with E-state index in [1.807, 2.05) is 0 Å². The van der Waals surface area contributed by atoms with Crippen LogP contribution < -0.4 is 5.32 Å². The molecule has 140 valence electrons. The molecule has 3 rings (SSSR count). The Balaban J connectivity index is 1.43. The fourth-order valence-electron chi connectivity index (χ4n) is 3.35. The largest absolute Gasteiger partial charge is 0.334 e. The monoisotopic (exact) mass is 353 g/mol. The lowest BCUT2D eigenvalue weighted by molar-refractivity contribution is 0.421. The number of aryl methyl sites for hydroxylation is 1. The Hall–Kier alpha value is -1.94. The number of rotatable bonds is 11. The van der Waals surface area contributed by atoms with Crippen molar-refractivity contribution in [1.82, 2.24) is 15.5 Å². The Kier molecular flexibility index (Phi) is 7.44. The Morgan fingerprint density at radius 3 is 2.65 bits per heavy atom. The fraction of sp³-hybridized carbons (Fsp3) is 0.545. The molecule has 1 aromatic carbocycles. The maximum Gasteiger partial charge on any atom is 0.257 e. The molecule has 4 nitrogen and oxygen atoms in total. The maximum absolute atomic E-state index is 5.44. The van der Waals surface area contributed by atoms with Crippen LogP contribution in [0, 0.1) is 0 Å². The molecule has 0 bridgehead atoms. The quantitative estimate of drug-likeness (QED) is 0.431. The predicted molar refractivity (Wildman–Crippen MR) is 106 cm³/mol. The molecule has 1 aliphatic carbocycles. The van der Waals surface area contributed by atoms with Crippen molar-refractivity contribution in [3.63, 3.8) is 0 Å².